The highest BCUT2D eigenvalue weighted by Gasteiger charge is 2.26. The van der Waals surface area contributed by atoms with E-state index in [0.29, 0.717) is 0 Å². The summed E-state index contributed by atoms with van der Waals surface area (Å²) in [4.78, 5) is 27.1. The van der Waals surface area contributed by atoms with Gasteiger partial charge in [0.2, 0.25) is 0 Å². The first-order valence-corrected chi connectivity index (χ1v) is 6.97. The van der Waals surface area contributed by atoms with Crippen LogP contribution >= 0.6 is 11.3 Å². The topological polar surface area (TPSA) is 60.9 Å². The molecule has 0 radical (unpaired) electrons. The molecule has 0 aliphatic heterocycles. The minimum atomic E-state index is -1.00. The highest BCUT2D eigenvalue weighted by molar-refractivity contribution is 7.09. The van der Waals surface area contributed by atoms with Crippen LogP contribution < -0.4 is 0 Å². The van der Waals surface area contributed by atoms with E-state index < -0.39 is 12.0 Å². The van der Waals surface area contributed by atoms with E-state index in [1.807, 2.05) is 24.4 Å². The molecule has 0 saturated heterocycles. The molecule has 1 rings (SSSR count). The van der Waals surface area contributed by atoms with Crippen LogP contribution in [0.5, 0.6) is 0 Å². The number of aliphatic carboxylic acids is 1. The van der Waals surface area contributed by atoms with E-state index in [0.717, 1.165) is 6.42 Å². The zero-order chi connectivity index (χ0) is 14.6. The lowest BCUT2D eigenvalue weighted by molar-refractivity contribution is -0.141. The molecule has 5 nitrogen and oxygen atoms in total. The van der Waals surface area contributed by atoms with Crippen molar-refractivity contribution in [2.45, 2.75) is 32.4 Å². The molecule has 0 fully saturated rings. The lowest BCUT2D eigenvalue weighted by Gasteiger charge is -2.31. The second-order valence-corrected chi connectivity index (χ2v) is 5.68. The number of carbonyl (C=O) groups excluding carboxylic acids is 1. The quantitative estimate of drug-likeness (QED) is 0.901. The zero-order valence-corrected chi connectivity index (χ0v) is 12.5. The van der Waals surface area contributed by atoms with Gasteiger partial charge in [0.05, 0.1) is 0 Å². The molecular formula is C13H20N2O3S. The van der Waals surface area contributed by atoms with Gasteiger partial charge in [-0.1, -0.05) is 6.07 Å². The van der Waals surface area contributed by atoms with Gasteiger partial charge in [-0.25, -0.2) is 9.59 Å². The minimum Gasteiger partial charge on any atom is -0.480 e. The highest BCUT2D eigenvalue weighted by atomic mass is 32.1. The van der Waals surface area contributed by atoms with Gasteiger partial charge in [-0.3, -0.25) is 0 Å². The first-order chi connectivity index (χ1) is 8.84. The number of amides is 2. The summed E-state index contributed by atoms with van der Waals surface area (Å²) in [7, 11) is 3.21. The standard InChI is InChI=1S/C13H20N2O3S/c1-9(8-11-6-5-7-19-11)14(3)13(18)15(4)10(2)12(16)17/h5-7,9-10H,8H2,1-4H3,(H,16,17). The molecule has 106 valence electrons. The Morgan fingerprint density at radius 2 is 1.95 bits per heavy atom. The van der Waals surface area contributed by atoms with Gasteiger partial charge in [-0.15, -0.1) is 11.3 Å². The van der Waals surface area contributed by atoms with E-state index in [-0.39, 0.29) is 12.1 Å². The second-order valence-electron chi connectivity index (χ2n) is 4.65. The molecule has 2 atom stereocenters. The summed E-state index contributed by atoms with van der Waals surface area (Å²) in [5.41, 5.74) is 0. The van der Waals surface area contributed by atoms with Gasteiger partial charge in [0, 0.05) is 31.4 Å². The third kappa shape index (κ3) is 3.96. The van der Waals surface area contributed by atoms with E-state index >= 15 is 0 Å². The largest absolute Gasteiger partial charge is 0.480 e. The van der Waals surface area contributed by atoms with Crippen molar-refractivity contribution in [2.75, 3.05) is 14.1 Å². The predicted molar refractivity (Wildman–Crippen MR) is 75.5 cm³/mol. The average molecular weight is 284 g/mol. The molecule has 1 aromatic rings. The molecule has 0 aromatic carbocycles. The van der Waals surface area contributed by atoms with Crippen molar-refractivity contribution in [3.8, 4) is 0 Å². The van der Waals surface area contributed by atoms with Crippen LogP contribution in [0.1, 0.15) is 18.7 Å². The van der Waals surface area contributed by atoms with Gasteiger partial charge >= 0.3 is 12.0 Å². The summed E-state index contributed by atoms with van der Waals surface area (Å²) >= 11 is 1.65. The summed E-state index contributed by atoms with van der Waals surface area (Å²) < 4.78 is 0. The number of likely N-dealkylation sites (N-methyl/N-ethyl adjacent to an activating group) is 2. The molecule has 1 N–H and O–H groups in total. The zero-order valence-electron chi connectivity index (χ0n) is 11.7. The van der Waals surface area contributed by atoms with Gasteiger partial charge < -0.3 is 14.9 Å². The van der Waals surface area contributed by atoms with Gasteiger partial charge in [-0.2, -0.15) is 0 Å². The smallest absolute Gasteiger partial charge is 0.326 e. The molecule has 0 spiro atoms. The molecule has 0 aliphatic carbocycles. The Morgan fingerprint density at radius 1 is 1.32 bits per heavy atom. The molecule has 1 aromatic heterocycles. The van der Waals surface area contributed by atoms with Crippen molar-refractivity contribution in [3.05, 3.63) is 22.4 Å². The summed E-state index contributed by atoms with van der Waals surface area (Å²) in [5.74, 6) is -1.00. The van der Waals surface area contributed by atoms with Crippen molar-refractivity contribution < 1.29 is 14.7 Å². The third-order valence-electron chi connectivity index (χ3n) is 3.28. The number of hydrogen-bond acceptors (Lipinski definition) is 3. The Kier molecular flexibility index (Phi) is 5.35. The van der Waals surface area contributed by atoms with Crippen LogP contribution in [0.15, 0.2) is 17.5 Å². The fourth-order valence-corrected chi connectivity index (χ4v) is 2.45. The molecule has 1 heterocycles. The predicted octanol–water partition coefficient (Wildman–Crippen LogP) is 2.14. The number of carboxylic acid groups (broad SMARTS) is 1. The van der Waals surface area contributed by atoms with Gasteiger partial charge in [0.1, 0.15) is 6.04 Å². The summed E-state index contributed by atoms with van der Waals surface area (Å²) in [5, 5.41) is 10.9. The van der Waals surface area contributed by atoms with Crippen molar-refractivity contribution in [2.24, 2.45) is 0 Å². The third-order valence-corrected chi connectivity index (χ3v) is 4.18. The Balaban J connectivity index is 2.63. The van der Waals surface area contributed by atoms with Crippen LogP contribution in [0.3, 0.4) is 0 Å². The van der Waals surface area contributed by atoms with Crippen LogP contribution in [0, 0.1) is 0 Å². The van der Waals surface area contributed by atoms with Crippen molar-refractivity contribution in [1.82, 2.24) is 9.80 Å². The van der Waals surface area contributed by atoms with E-state index in [4.69, 9.17) is 5.11 Å². The lowest BCUT2D eigenvalue weighted by atomic mass is 10.2. The number of urea groups is 1. The first kappa shape index (κ1) is 15.5. The number of nitrogens with zero attached hydrogens (tertiary/aromatic N) is 2. The van der Waals surface area contributed by atoms with Gasteiger partial charge in [-0.05, 0) is 25.3 Å². The van der Waals surface area contributed by atoms with Crippen molar-refractivity contribution in [1.29, 1.82) is 0 Å². The van der Waals surface area contributed by atoms with E-state index in [1.54, 1.807) is 23.3 Å². The lowest BCUT2D eigenvalue weighted by Crippen LogP contribution is -2.49. The second kappa shape index (κ2) is 6.56. The Hall–Kier alpha value is -1.56. The van der Waals surface area contributed by atoms with Crippen molar-refractivity contribution >= 4 is 23.3 Å². The Bertz CT molecular complexity index is 433. The molecule has 19 heavy (non-hydrogen) atoms. The maximum absolute atomic E-state index is 12.2. The minimum absolute atomic E-state index is 0.0228. The van der Waals surface area contributed by atoms with E-state index in [2.05, 4.69) is 0 Å². The number of carboxylic acids is 1. The summed E-state index contributed by atoms with van der Waals surface area (Å²) in [6, 6.07) is 2.92. The Labute approximate surface area is 117 Å². The fraction of sp³-hybridized carbons (Fsp3) is 0.538. The van der Waals surface area contributed by atoms with Gasteiger partial charge in [0.25, 0.3) is 0 Å². The van der Waals surface area contributed by atoms with E-state index in [1.165, 1.54) is 23.7 Å². The number of thiophene rings is 1. The average Bonchev–Trinajstić information content (AvgIpc) is 2.87. The SMILES string of the molecule is CC(Cc1cccs1)N(C)C(=O)N(C)C(C)C(=O)O. The molecule has 2 unspecified atom stereocenters. The molecule has 0 bridgehead atoms. The van der Waals surface area contributed by atoms with Crippen LogP contribution in [-0.2, 0) is 11.2 Å². The molecular weight excluding hydrogens is 264 g/mol. The monoisotopic (exact) mass is 284 g/mol. The van der Waals surface area contributed by atoms with Crippen LogP contribution in [0.4, 0.5) is 4.79 Å². The van der Waals surface area contributed by atoms with Crippen molar-refractivity contribution in [3.63, 3.8) is 0 Å². The van der Waals surface area contributed by atoms with E-state index in [9.17, 15) is 9.59 Å². The number of carbonyl (C=O) groups is 2. The van der Waals surface area contributed by atoms with Gasteiger partial charge in [0.15, 0.2) is 0 Å². The highest BCUT2D eigenvalue weighted by Crippen LogP contribution is 2.14. The molecule has 0 aliphatic rings. The summed E-state index contributed by atoms with van der Waals surface area (Å²) in [6.07, 6.45) is 0.773. The van der Waals surface area contributed by atoms with Crippen LogP contribution in [0.2, 0.25) is 0 Å². The first-order valence-electron chi connectivity index (χ1n) is 6.09. The molecule has 0 saturated carbocycles. The van der Waals surface area contributed by atoms with Crippen LogP contribution in [-0.4, -0.2) is 53.1 Å². The fourth-order valence-electron chi connectivity index (χ4n) is 1.63. The summed E-state index contributed by atoms with van der Waals surface area (Å²) in [6.45, 7) is 3.45. The molecule has 2 amide bonds. The molecule has 6 heteroatoms. The Morgan fingerprint density at radius 3 is 2.42 bits per heavy atom. The number of rotatable bonds is 5. The maximum Gasteiger partial charge on any atom is 0.326 e. The number of hydrogen-bond donors (Lipinski definition) is 1. The normalized spacial score (nSPS) is 13.7. The maximum atomic E-state index is 12.2. The van der Waals surface area contributed by atoms with Crippen LogP contribution in [0.25, 0.3) is 0 Å².